The molecule has 0 fully saturated rings. The van der Waals surface area contributed by atoms with Crippen molar-refractivity contribution in [1.29, 1.82) is 0 Å². The van der Waals surface area contributed by atoms with Crippen LogP contribution in [0.25, 0.3) is 0 Å². The van der Waals surface area contributed by atoms with Crippen LogP contribution in [0.5, 0.6) is 17.2 Å². The molecule has 0 saturated carbocycles. The molecule has 0 aromatic heterocycles. The standard InChI is InChI=1S/C15H20NO3/c1-16-7-5-6-11(10-16)15-13(18-3)8-12(17-2)9-14(15)19-4/h5-6,8-9,11H,1,7,10H2,2-4H3. The molecule has 0 bridgehead atoms. The molecule has 1 heterocycles. The molecule has 1 aliphatic heterocycles. The topological polar surface area (TPSA) is 30.9 Å². The van der Waals surface area contributed by atoms with Gasteiger partial charge in [-0.05, 0) is 0 Å². The molecule has 103 valence electrons. The number of methoxy groups -OCH3 is 3. The van der Waals surface area contributed by atoms with Crippen LogP contribution in [0, 0.1) is 7.05 Å². The van der Waals surface area contributed by atoms with E-state index in [0.29, 0.717) is 0 Å². The summed E-state index contributed by atoms with van der Waals surface area (Å²) < 4.78 is 16.2. The first-order valence-corrected chi connectivity index (χ1v) is 6.21. The molecular weight excluding hydrogens is 242 g/mol. The van der Waals surface area contributed by atoms with Crippen LogP contribution in [0.15, 0.2) is 24.3 Å². The average Bonchev–Trinajstić information content (AvgIpc) is 2.45. The summed E-state index contributed by atoms with van der Waals surface area (Å²) in [6.07, 6.45) is 4.29. The molecule has 1 aromatic carbocycles. The largest absolute Gasteiger partial charge is 0.496 e. The Hall–Kier alpha value is -1.68. The van der Waals surface area contributed by atoms with Crippen molar-refractivity contribution in [1.82, 2.24) is 4.90 Å². The molecule has 1 radical (unpaired) electrons. The van der Waals surface area contributed by atoms with Gasteiger partial charge in [0.15, 0.2) is 0 Å². The SMILES string of the molecule is [CH2]N1CC=CC(c2c(OC)cc(OC)cc2OC)C1. The van der Waals surface area contributed by atoms with E-state index in [-0.39, 0.29) is 5.92 Å². The number of rotatable bonds is 4. The molecule has 1 aromatic rings. The van der Waals surface area contributed by atoms with E-state index in [1.165, 1.54) is 0 Å². The van der Waals surface area contributed by atoms with Gasteiger partial charge in [-0.25, -0.2) is 0 Å². The summed E-state index contributed by atoms with van der Waals surface area (Å²) in [5.74, 6) is 2.49. The number of hydrogen-bond acceptors (Lipinski definition) is 4. The Morgan fingerprint density at radius 3 is 2.21 bits per heavy atom. The molecule has 19 heavy (non-hydrogen) atoms. The normalized spacial score (nSPS) is 19.3. The lowest BCUT2D eigenvalue weighted by atomic mass is 9.93. The van der Waals surface area contributed by atoms with Gasteiger partial charge in [-0.15, -0.1) is 0 Å². The van der Waals surface area contributed by atoms with E-state index in [4.69, 9.17) is 14.2 Å². The highest BCUT2D eigenvalue weighted by Crippen LogP contribution is 2.40. The van der Waals surface area contributed by atoms with Crippen LogP contribution < -0.4 is 14.2 Å². The van der Waals surface area contributed by atoms with Crippen molar-refractivity contribution in [3.63, 3.8) is 0 Å². The number of nitrogens with zero attached hydrogens (tertiary/aromatic N) is 1. The van der Waals surface area contributed by atoms with Crippen molar-refractivity contribution in [2.24, 2.45) is 0 Å². The fraction of sp³-hybridized carbons (Fsp3) is 0.400. The van der Waals surface area contributed by atoms with Crippen molar-refractivity contribution in [2.75, 3.05) is 34.4 Å². The van der Waals surface area contributed by atoms with Crippen LogP contribution in [-0.4, -0.2) is 39.3 Å². The minimum absolute atomic E-state index is 0.210. The molecular formula is C15H20NO3. The van der Waals surface area contributed by atoms with E-state index in [9.17, 15) is 0 Å². The van der Waals surface area contributed by atoms with Crippen LogP contribution in [0.4, 0.5) is 0 Å². The monoisotopic (exact) mass is 262 g/mol. The summed E-state index contributed by atoms with van der Waals surface area (Å²) in [6, 6.07) is 3.77. The average molecular weight is 262 g/mol. The Morgan fingerprint density at radius 2 is 1.74 bits per heavy atom. The van der Waals surface area contributed by atoms with Gasteiger partial charge in [0.2, 0.25) is 0 Å². The highest BCUT2D eigenvalue weighted by molar-refractivity contribution is 5.54. The molecule has 4 heteroatoms. The van der Waals surface area contributed by atoms with Gasteiger partial charge in [-0.1, -0.05) is 12.2 Å². The Morgan fingerprint density at radius 1 is 1.11 bits per heavy atom. The molecule has 0 spiro atoms. The first-order chi connectivity index (χ1) is 9.19. The number of benzene rings is 1. The minimum atomic E-state index is 0.210. The molecule has 1 atom stereocenters. The fourth-order valence-corrected chi connectivity index (χ4v) is 2.37. The first-order valence-electron chi connectivity index (χ1n) is 6.21. The van der Waals surface area contributed by atoms with Gasteiger partial charge in [0.1, 0.15) is 17.2 Å². The third kappa shape index (κ3) is 2.84. The van der Waals surface area contributed by atoms with E-state index < -0.39 is 0 Å². The Balaban J connectivity index is 2.47. The Labute approximate surface area is 114 Å². The van der Waals surface area contributed by atoms with Gasteiger partial charge in [-0.3, -0.25) is 4.90 Å². The molecule has 1 aliphatic rings. The van der Waals surface area contributed by atoms with E-state index >= 15 is 0 Å². The summed E-state index contributed by atoms with van der Waals surface area (Å²) in [4.78, 5) is 2.02. The van der Waals surface area contributed by atoms with Crippen LogP contribution in [0.2, 0.25) is 0 Å². The minimum Gasteiger partial charge on any atom is -0.496 e. The predicted molar refractivity (Wildman–Crippen MR) is 74.9 cm³/mol. The highest BCUT2D eigenvalue weighted by Gasteiger charge is 2.23. The van der Waals surface area contributed by atoms with Crippen molar-refractivity contribution >= 4 is 0 Å². The molecule has 0 aliphatic carbocycles. The van der Waals surface area contributed by atoms with Crippen LogP contribution in [0.3, 0.4) is 0 Å². The smallest absolute Gasteiger partial charge is 0.130 e. The molecule has 0 N–H and O–H groups in total. The van der Waals surface area contributed by atoms with Gasteiger partial charge in [0.05, 0.1) is 21.3 Å². The Kier molecular flexibility index (Phi) is 4.32. The summed E-state index contributed by atoms with van der Waals surface area (Å²) >= 11 is 0. The van der Waals surface area contributed by atoms with Crippen molar-refractivity contribution in [3.8, 4) is 17.2 Å². The zero-order valence-corrected chi connectivity index (χ0v) is 11.7. The lowest BCUT2D eigenvalue weighted by Crippen LogP contribution is -2.26. The lowest BCUT2D eigenvalue weighted by Gasteiger charge is -2.27. The van der Waals surface area contributed by atoms with E-state index in [1.54, 1.807) is 21.3 Å². The third-order valence-corrected chi connectivity index (χ3v) is 3.31. The maximum absolute atomic E-state index is 5.49. The van der Waals surface area contributed by atoms with Gasteiger partial charge in [0, 0.05) is 43.8 Å². The summed E-state index contributed by atoms with van der Waals surface area (Å²) in [5, 5.41) is 0. The number of ether oxygens (including phenoxy) is 3. The van der Waals surface area contributed by atoms with E-state index in [2.05, 4.69) is 19.2 Å². The second kappa shape index (κ2) is 5.97. The van der Waals surface area contributed by atoms with Crippen molar-refractivity contribution in [3.05, 3.63) is 36.9 Å². The fourth-order valence-electron chi connectivity index (χ4n) is 2.37. The Bertz CT molecular complexity index is 445. The zero-order valence-electron chi connectivity index (χ0n) is 11.7. The molecule has 4 nitrogen and oxygen atoms in total. The number of hydrogen-bond donors (Lipinski definition) is 0. The third-order valence-electron chi connectivity index (χ3n) is 3.31. The van der Waals surface area contributed by atoms with Gasteiger partial charge >= 0.3 is 0 Å². The molecule has 1 unspecified atom stereocenters. The predicted octanol–water partition coefficient (Wildman–Crippen LogP) is 2.46. The van der Waals surface area contributed by atoms with Gasteiger partial charge in [0.25, 0.3) is 0 Å². The molecule has 0 amide bonds. The summed E-state index contributed by atoms with van der Waals surface area (Å²) in [6.45, 7) is 1.72. The summed E-state index contributed by atoms with van der Waals surface area (Å²) in [5.41, 5.74) is 1.04. The zero-order chi connectivity index (χ0) is 13.8. The van der Waals surface area contributed by atoms with Crippen LogP contribution in [0.1, 0.15) is 11.5 Å². The lowest BCUT2D eigenvalue weighted by molar-refractivity contribution is 0.345. The van der Waals surface area contributed by atoms with E-state index in [0.717, 1.165) is 35.9 Å². The molecule has 0 saturated heterocycles. The second-order valence-electron chi connectivity index (χ2n) is 4.52. The van der Waals surface area contributed by atoms with Crippen LogP contribution in [-0.2, 0) is 0 Å². The maximum Gasteiger partial charge on any atom is 0.130 e. The van der Waals surface area contributed by atoms with Gasteiger partial charge < -0.3 is 14.2 Å². The van der Waals surface area contributed by atoms with Crippen LogP contribution >= 0.6 is 0 Å². The second-order valence-corrected chi connectivity index (χ2v) is 4.52. The first kappa shape index (κ1) is 13.7. The van der Waals surface area contributed by atoms with Gasteiger partial charge in [-0.2, -0.15) is 0 Å². The quantitative estimate of drug-likeness (QED) is 0.780. The van der Waals surface area contributed by atoms with Crippen molar-refractivity contribution in [2.45, 2.75) is 5.92 Å². The molecule has 2 rings (SSSR count). The van der Waals surface area contributed by atoms with E-state index in [1.807, 2.05) is 17.0 Å². The summed E-state index contributed by atoms with van der Waals surface area (Å²) in [7, 11) is 8.94. The van der Waals surface area contributed by atoms with Crippen molar-refractivity contribution < 1.29 is 14.2 Å². The maximum atomic E-state index is 5.49. The highest BCUT2D eigenvalue weighted by atomic mass is 16.5.